The summed E-state index contributed by atoms with van der Waals surface area (Å²) in [6.07, 6.45) is 2.87. The second-order valence-corrected chi connectivity index (χ2v) is 5.81. The van der Waals surface area contributed by atoms with E-state index >= 15 is 0 Å². The van der Waals surface area contributed by atoms with Gasteiger partial charge in [0.2, 0.25) is 0 Å². The maximum absolute atomic E-state index is 5.12. The van der Waals surface area contributed by atoms with Crippen LogP contribution in [-0.4, -0.2) is 44.3 Å². The molecule has 2 aromatic heterocycles. The van der Waals surface area contributed by atoms with Gasteiger partial charge in [-0.1, -0.05) is 13.8 Å². The molecule has 0 radical (unpaired) electrons. The molecule has 104 valence electrons. The number of nitrogens with one attached hydrogen (secondary N) is 1. The van der Waals surface area contributed by atoms with Crippen LogP contribution in [0.4, 0.5) is 0 Å². The molecule has 0 saturated carbocycles. The molecule has 19 heavy (non-hydrogen) atoms. The van der Waals surface area contributed by atoms with Crippen molar-refractivity contribution in [2.75, 3.05) is 19.6 Å². The van der Waals surface area contributed by atoms with Crippen molar-refractivity contribution in [3.8, 4) is 10.7 Å². The lowest BCUT2D eigenvalue weighted by molar-refractivity contribution is 0.308. The van der Waals surface area contributed by atoms with Gasteiger partial charge in [0.15, 0.2) is 10.6 Å². The molecule has 2 rings (SSSR count). The molecular formula is C12H19N5S2. The summed E-state index contributed by atoms with van der Waals surface area (Å²) in [6.45, 7) is 7.60. The second-order valence-electron chi connectivity index (χ2n) is 4.31. The predicted octanol–water partition coefficient (Wildman–Crippen LogP) is 2.49. The summed E-state index contributed by atoms with van der Waals surface area (Å²) in [6, 6.07) is 0. The first-order valence-corrected chi connectivity index (χ1v) is 7.67. The summed E-state index contributed by atoms with van der Waals surface area (Å²) >= 11 is 6.81. The molecule has 0 saturated heterocycles. The molecule has 0 aromatic carbocycles. The first-order chi connectivity index (χ1) is 9.15. The van der Waals surface area contributed by atoms with Crippen LogP contribution in [0, 0.1) is 4.77 Å². The quantitative estimate of drug-likeness (QED) is 0.832. The molecule has 0 fully saturated rings. The summed E-state index contributed by atoms with van der Waals surface area (Å²) in [7, 11) is 1.91. The van der Waals surface area contributed by atoms with Crippen LogP contribution in [0.15, 0.2) is 6.20 Å². The fourth-order valence-electron chi connectivity index (χ4n) is 1.89. The Labute approximate surface area is 122 Å². The lowest BCUT2D eigenvalue weighted by Gasteiger charge is -2.16. The molecule has 2 aromatic rings. The van der Waals surface area contributed by atoms with Gasteiger partial charge < -0.3 is 9.47 Å². The van der Waals surface area contributed by atoms with Crippen LogP contribution < -0.4 is 0 Å². The van der Waals surface area contributed by atoms with Gasteiger partial charge in [0, 0.05) is 26.2 Å². The van der Waals surface area contributed by atoms with E-state index in [9.17, 15) is 0 Å². The zero-order valence-corrected chi connectivity index (χ0v) is 13.1. The summed E-state index contributed by atoms with van der Waals surface area (Å²) in [5.74, 6) is 0.858. The lowest BCUT2D eigenvalue weighted by atomic mass is 10.4. The van der Waals surface area contributed by atoms with Gasteiger partial charge in [-0.3, -0.25) is 5.10 Å². The molecule has 0 atom stereocenters. The molecule has 0 spiro atoms. The van der Waals surface area contributed by atoms with E-state index in [1.807, 2.05) is 17.8 Å². The molecule has 2 heterocycles. The van der Waals surface area contributed by atoms with E-state index in [1.165, 1.54) is 0 Å². The fraction of sp³-hybridized carbons (Fsp3) is 0.583. The Bertz CT molecular complexity index is 579. The Morgan fingerprint density at radius 2 is 2.16 bits per heavy atom. The monoisotopic (exact) mass is 297 g/mol. The summed E-state index contributed by atoms with van der Waals surface area (Å²) in [5, 5.41) is 8.18. The second kappa shape index (κ2) is 6.40. The van der Waals surface area contributed by atoms with Crippen molar-refractivity contribution in [3.63, 3.8) is 0 Å². The van der Waals surface area contributed by atoms with Crippen molar-refractivity contribution in [1.82, 2.24) is 24.6 Å². The number of aromatic amines is 1. The molecule has 0 unspecified atom stereocenters. The Morgan fingerprint density at radius 1 is 1.42 bits per heavy atom. The summed E-state index contributed by atoms with van der Waals surface area (Å²) < 4.78 is 2.50. The SMILES string of the molecule is CCN(CC)CCc1ncc(-c2n[nH]c(=S)n2C)s1. The molecule has 5 nitrogen and oxygen atoms in total. The van der Waals surface area contributed by atoms with Crippen molar-refractivity contribution < 1.29 is 0 Å². The van der Waals surface area contributed by atoms with E-state index in [1.54, 1.807) is 11.3 Å². The highest BCUT2D eigenvalue weighted by atomic mass is 32.1. The number of H-pyrrole nitrogens is 1. The number of aromatic nitrogens is 4. The smallest absolute Gasteiger partial charge is 0.195 e. The van der Waals surface area contributed by atoms with Crippen molar-refractivity contribution in [3.05, 3.63) is 16.0 Å². The Hall–Kier alpha value is -1.05. The maximum atomic E-state index is 5.12. The molecule has 0 aliphatic rings. The molecule has 1 N–H and O–H groups in total. The topological polar surface area (TPSA) is 49.7 Å². The third kappa shape index (κ3) is 3.29. The Balaban J connectivity index is 2.07. The molecule has 7 heteroatoms. The number of hydrogen-bond acceptors (Lipinski definition) is 5. The third-order valence-corrected chi connectivity index (χ3v) is 4.61. The van der Waals surface area contributed by atoms with Crippen LogP contribution in [0.1, 0.15) is 18.9 Å². The Morgan fingerprint density at radius 3 is 2.74 bits per heavy atom. The van der Waals surface area contributed by atoms with E-state index in [0.29, 0.717) is 4.77 Å². The van der Waals surface area contributed by atoms with Crippen molar-refractivity contribution in [2.45, 2.75) is 20.3 Å². The molecule has 0 aliphatic carbocycles. The highest BCUT2D eigenvalue weighted by molar-refractivity contribution is 7.71. The van der Waals surface area contributed by atoms with Crippen molar-refractivity contribution in [2.24, 2.45) is 7.05 Å². The number of hydrogen-bond donors (Lipinski definition) is 1. The van der Waals surface area contributed by atoms with Crippen LogP contribution in [0.25, 0.3) is 10.7 Å². The summed E-state index contributed by atoms with van der Waals surface area (Å²) in [5.41, 5.74) is 0. The van der Waals surface area contributed by atoms with Crippen LogP contribution in [-0.2, 0) is 13.5 Å². The Kier molecular flexibility index (Phi) is 4.84. The van der Waals surface area contributed by atoms with E-state index in [-0.39, 0.29) is 0 Å². The molecular weight excluding hydrogens is 278 g/mol. The van der Waals surface area contributed by atoms with Crippen LogP contribution >= 0.6 is 23.6 Å². The molecule has 0 aliphatic heterocycles. The zero-order chi connectivity index (χ0) is 13.8. The van der Waals surface area contributed by atoms with E-state index < -0.39 is 0 Å². The van der Waals surface area contributed by atoms with E-state index in [2.05, 4.69) is 33.9 Å². The van der Waals surface area contributed by atoms with E-state index in [0.717, 1.165) is 41.8 Å². The average Bonchev–Trinajstić information content (AvgIpc) is 3.00. The minimum atomic E-state index is 0.632. The first kappa shape index (κ1) is 14.4. The van der Waals surface area contributed by atoms with Crippen LogP contribution in [0.5, 0.6) is 0 Å². The number of thiazole rings is 1. The van der Waals surface area contributed by atoms with Gasteiger partial charge >= 0.3 is 0 Å². The minimum Gasteiger partial charge on any atom is -0.303 e. The molecule has 0 bridgehead atoms. The highest BCUT2D eigenvalue weighted by Gasteiger charge is 2.10. The third-order valence-electron chi connectivity index (χ3n) is 3.19. The van der Waals surface area contributed by atoms with Gasteiger partial charge in [0.05, 0.1) is 9.88 Å². The van der Waals surface area contributed by atoms with Gasteiger partial charge in [0.25, 0.3) is 0 Å². The largest absolute Gasteiger partial charge is 0.303 e. The molecule has 0 amide bonds. The highest BCUT2D eigenvalue weighted by Crippen LogP contribution is 2.24. The number of nitrogens with zero attached hydrogens (tertiary/aromatic N) is 4. The van der Waals surface area contributed by atoms with Crippen LogP contribution in [0.3, 0.4) is 0 Å². The summed E-state index contributed by atoms with van der Waals surface area (Å²) in [4.78, 5) is 7.93. The van der Waals surface area contributed by atoms with Gasteiger partial charge in [-0.25, -0.2) is 4.98 Å². The van der Waals surface area contributed by atoms with Crippen molar-refractivity contribution >= 4 is 23.6 Å². The standard InChI is InChI=1S/C12H19N5S2/c1-4-17(5-2)7-6-10-13-8-9(19-10)11-14-15-12(18)16(11)3/h8H,4-7H2,1-3H3,(H,15,18). The number of rotatable bonds is 6. The zero-order valence-electron chi connectivity index (χ0n) is 11.5. The number of likely N-dealkylation sites (N-methyl/N-ethyl adjacent to an activating group) is 1. The van der Waals surface area contributed by atoms with Gasteiger partial charge in [-0.2, -0.15) is 5.10 Å². The minimum absolute atomic E-state index is 0.632. The average molecular weight is 297 g/mol. The predicted molar refractivity (Wildman–Crippen MR) is 81.0 cm³/mol. The maximum Gasteiger partial charge on any atom is 0.195 e. The van der Waals surface area contributed by atoms with Gasteiger partial charge in [0.1, 0.15) is 0 Å². The fourth-order valence-corrected chi connectivity index (χ4v) is 2.95. The van der Waals surface area contributed by atoms with Crippen LogP contribution in [0.2, 0.25) is 0 Å². The van der Waals surface area contributed by atoms with Gasteiger partial charge in [-0.05, 0) is 25.3 Å². The van der Waals surface area contributed by atoms with Gasteiger partial charge in [-0.15, -0.1) is 11.3 Å². The van der Waals surface area contributed by atoms with Crippen molar-refractivity contribution in [1.29, 1.82) is 0 Å². The normalized spacial score (nSPS) is 11.4. The van der Waals surface area contributed by atoms with E-state index in [4.69, 9.17) is 12.2 Å². The first-order valence-electron chi connectivity index (χ1n) is 6.44. The lowest BCUT2D eigenvalue weighted by Crippen LogP contribution is -2.25.